The first kappa shape index (κ1) is 21.1. The number of benzene rings is 2. The van der Waals surface area contributed by atoms with E-state index >= 15 is 0 Å². The second kappa shape index (κ2) is 8.69. The van der Waals surface area contributed by atoms with Crippen molar-refractivity contribution < 1.29 is 17.6 Å². The molecular formula is C18H21ClFN3O3S. The van der Waals surface area contributed by atoms with Gasteiger partial charge in [-0.2, -0.15) is 0 Å². The fourth-order valence-electron chi connectivity index (χ4n) is 2.52. The van der Waals surface area contributed by atoms with Crippen molar-refractivity contribution in [2.24, 2.45) is 11.7 Å². The molecule has 146 valence electrons. The number of sulfonamides is 1. The third-order valence-corrected chi connectivity index (χ3v) is 5.65. The Morgan fingerprint density at radius 3 is 2.26 bits per heavy atom. The van der Waals surface area contributed by atoms with Crippen molar-refractivity contribution in [3.8, 4) is 0 Å². The van der Waals surface area contributed by atoms with Crippen molar-refractivity contribution in [1.82, 2.24) is 5.32 Å². The highest BCUT2D eigenvalue weighted by atomic mass is 35.5. The Kier molecular flexibility index (Phi) is 6.80. The lowest BCUT2D eigenvalue weighted by Gasteiger charge is -2.12. The summed E-state index contributed by atoms with van der Waals surface area (Å²) in [6, 6.07) is 10.5. The van der Waals surface area contributed by atoms with Gasteiger partial charge in [0.25, 0.3) is 15.9 Å². The quantitative estimate of drug-likeness (QED) is 0.649. The van der Waals surface area contributed by atoms with E-state index < -0.39 is 15.8 Å². The van der Waals surface area contributed by atoms with Crippen molar-refractivity contribution in [3.63, 3.8) is 0 Å². The Labute approximate surface area is 163 Å². The highest BCUT2D eigenvalue weighted by molar-refractivity contribution is 7.92. The molecule has 2 aromatic carbocycles. The van der Waals surface area contributed by atoms with E-state index in [0.717, 1.165) is 25.0 Å². The SMILES string of the molecule is Cl.NC(CNC(=O)c1ccc(NS(=O)(=O)c2ccc(F)cc2)cc1)C1CC1. The van der Waals surface area contributed by atoms with Crippen LogP contribution in [0.2, 0.25) is 0 Å². The monoisotopic (exact) mass is 413 g/mol. The van der Waals surface area contributed by atoms with Crippen LogP contribution in [0.5, 0.6) is 0 Å². The van der Waals surface area contributed by atoms with Crippen molar-refractivity contribution in [3.05, 3.63) is 59.9 Å². The molecule has 0 heterocycles. The van der Waals surface area contributed by atoms with Crippen LogP contribution in [-0.2, 0) is 10.0 Å². The van der Waals surface area contributed by atoms with Crippen LogP contribution in [0.1, 0.15) is 23.2 Å². The molecule has 3 rings (SSSR count). The van der Waals surface area contributed by atoms with Gasteiger partial charge in [-0.05, 0) is 67.3 Å². The van der Waals surface area contributed by atoms with Gasteiger partial charge in [-0.25, -0.2) is 12.8 Å². The van der Waals surface area contributed by atoms with Gasteiger partial charge < -0.3 is 11.1 Å². The Bertz CT molecular complexity index is 885. The average Bonchev–Trinajstić information content (AvgIpc) is 3.45. The van der Waals surface area contributed by atoms with Crippen LogP contribution >= 0.6 is 12.4 Å². The molecule has 27 heavy (non-hydrogen) atoms. The number of rotatable bonds is 7. The summed E-state index contributed by atoms with van der Waals surface area (Å²) in [6.45, 7) is 0.419. The van der Waals surface area contributed by atoms with Gasteiger partial charge in [0.05, 0.1) is 4.90 Å². The van der Waals surface area contributed by atoms with Crippen LogP contribution in [0.25, 0.3) is 0 Å². The molecule has 1 aliphatic rings. The molecule has 1 atom stereocenters. The second-order valence-electron chi connectivity index (χ2n) is 6.35. The number of carbonyl (C=O) groups is 1. The third-order valence-electron chi connectivity index (χ3n) is 4.25. The van der Waals surface area contributed by atoms with Gasteiger partial charge in [0.2, 0.25) is 0 Å². The molecule has 0 spiro atoms. The van der Waals surface area contributed by atoms with E-state index in [2.05, 4.69) is 10.0 Å². The summed E-state index contributed by atoms with van der Waals surface area (Å²) in [5.74, 6) is -0.270. The number of nitrogens with two attached hydrogens (primary N) is 1. The topological polar surface area (TPSA) is 101 Å². The van der Waals surface area contributed by atoms with Gasteiger partial charge in [0.1, 0.15) is 5.82 Å². The molecule has 0 saturated heterocycles. The fraction of sp³-hybridized carbons (Fsp3) is 0.278. The molecule has 2 aromatic rings. The largest absolute Gasteiger partial charge is 0.350 e. The molecule has 0 bridgehead atoms. The van der Waals surface area contributed by atoms with Gasteiger partial charge in [0.15, 0.2) is 0 Å². The molecule has 0 aromatic heterocycles. The standard InChI is InChI=1S/C18H20FN3O3S.ClH/c19-14-5-9-16(10-6-14)26(24,25)22-15-7-3-13(4-8-15)18(23)21-11-17(20)12-1-2-12;/h3-10,12,17,22H,1-2,11,20H2,(H,21,23);1H. The Balaban J connectivity index is 0.00000261. The lowest BCUT2D eigenvalue weighted by molar-refractivity contribution is 0.0950. The molecule has 9 heteroatoms. The van der Waals surface area contributed by atoms with Crippen LogP contribution in [0.15, 0.2) is 53.4 Å². The van der Waals surface area contributed by atoms with E-state index in [-0.39, 0.29) is 29.3 Å². The van der Waals surface area contributed by atoms with Crippen LogP contribution in [0.4, 0.5) is 10.1 Å². The number of hydrogen-bond acceptors (Lipinski definition) is 4. The Hall–Kier alpha value is -2.16. The van der Waals surface area contributed by atoms with E-state index in [1.807, 2.05) is 0 Å². The molecule has 4 N–H and O–H groups in total. The summed E-state index contributed by atoms with van der Waals surface area (Å²) in [4.78, 5) is 12.1. The predicted molar refractivity (Wildman–Crippen MR) is 104 cm³/mol. The number of hydrogen-bond donors (Lipinski definition) is 3. The van der Waals surface area contributed by atoms with Gasteiger partial charge in [-0.3, -0.25) is 9.52 Å². The van der Waals surface area contributed by atoms with E-state index in [1.165, 1.54) is 36.4 Å². The minimum Gasteiger partial charge on any atom is -0.350 e. The van der Waals surface area contributed by atoms with Gasteiger partial charge in [-0.1, -0.05) is 0 Å². The van der Waals surface area contributed by atoms with Crippen LogP contribution < -0.4 is 15.8 Å². The van der Waals surface area contributed by atoms with Gasteiger partial charge in [0, 0.05) is 23.8 Å². The fourth-order valence-corrected chi connectivity index (χ4v) is 3.58. The second-order valence-corrected chi connectivity index (χ2v) is 8.03. The first-order valence-corrected chi connectivity index (χ1v) is 9.76. The van der Waals surface area contributed by atoms with E-state index in [4.69, 9.17) is 5.73 Å². The molecular weight excluding hydrogens is 393 g/mol. The van der Waals surface area contributed by atoms with Crippen LogP contribution in [0, 0.1) is 11.7 Å². The highest BCUT2D eigenvalue weighted by Gasteiger charge is 2.28. The molecule has 1 amide bonds. The summed E-state index contributed by atoms with van der Waals surface area (Å²) in [6.07, 6.45) is 2.22. The molecule has 1 saturated carbocycles. The summed E-state index contributed by atoms with van der Waals surface area (Å²) < 4.78 is 39.8. The number of amides is 1. The molecule has 0 aliphatic heterocycles. The normalized spacial score (nSPS) is 14.7. The van der Waals surface area contributed by atoms with Crippen molar-refractivity contribution in [2.75, 3.05) is 11.3 Å². The van der Waals surface area contributed by atoms with E-state index in [0.29, 0.717) is 23.7 Å². The first-order valence-electron chi connectivity index (χ1n) is 8.27. The maximum Gasteiger partial charge on any atom is 0.261 e. The number of anilines is 1. The molecule has 1 fully saturated rings. The Morgan fingerprint density at radius 2 is 1.70 bits per heavy atom. The zero-order chi connectivity index (χ0) is 18.7. The first-order chi connectivity index (χ1) is 12.3. The summed E-state index contributed by atoms with van der Waals surface area (Å²) in [5, 5.41) is 2.78. The van der Waals surface area contributed by atoms with Gasteiger partial charge in [-0.15, -0.1) is 12.4 Å². The molecule has 0 radical (unpaired) electrons. The smallest absolute Gasteiger partial charge is 0.261 e. The summed E-state index contributed by atoms with van der Waals surface area (Å²) >= 11 is 0. The van der Waals surface area contributed by atoms with E-state index in [9.17, 15) is 17.6 Å². The average molecular weight is 414 g/mol. The third kappa shape index (κ3) is 5.66. The predicted octanol–water partition coefficient (Wildman–Crippen LogP) is 2.52. The zero-order valence-electron chi connectivity index (χ0n) is 14.4. The molecule has 6 nitrogen and oxygen atoms in total. The van der Waals surface area contributed by atoms with Crippen molar-refractivity contribution >= 4 is 34.0 Å². The zero-order valence-corrected chi connectivity index (χ0v) is 16.0. The maximum atomic E-state index is 12.9. The highest BCUT2D eigenvalue weighted by Crippen LogP contribution is 2.31. The number of nitrogens with one attached hydrogen (secondary N) is 2. The minimum atomic E-state index is -3.82. The summed E-state index contributed by atoms with van der Waals surface area (Å²) in [7, 11) is -3.82. The lowest BCUT2D eigenvalue weighted by atomic mass is 10.1. The van der Waals surface area contributed by atoms with Gasteiger partial charge >= 0.3 is 0 Å². The number of carbonyl (C=O) groups excluding carboxylic acids is 1. The Morgan fingerprint density at radius 1 is 1.11 bits per heavy atom. The van der Waals surface area contributed by atoms with E-state index in [1.54, 1.807) is 0 Å². The van der Waals surface area contributed by atoms with Crippen LogP contribution in [-0.4, -0.2) is 26.9 Å². The molecule has 1 unspecified atom stereocenters. The van der Waals surface area contributed by atoms with Crippen molar-refractivity contribution in [2.45, 2.75) is 23.8 Å². The summed E-state index contributed by atoms with van der Waals surface area (Å²) in [5.41, 5.74) is 6.67. The lowest BCUT2D eigenvalue weighted by Crippen LogP contribution is -2.38. The maximum absolute atomic E-state index is 12.9. The number of halogens is 2. The van der Waals surface area contributed by atoms with Crippen molar-refractivity contribution in [1.29, 1.82) is 0 Å². The van der Waals surface area contributed by atoms with Crippen LogP contribution in [0.3, 0.4) is 0 Å². The minimum absolute atomic E-state index is 0. The molecule has 1 aliphatic carbocycles.